The Hall–Kier alpha value is -1.69. The number of hydrogen-bond acceptors (Lipinski definition) is 4. The number of carboxylic acids is 1. The number of carboxylic acid groups (broad SMARTS) is 1. The Kier molecular flexibility index (Phi) is 3.33. The number of halogens is 1. The van der Waals surface area contributed by atoms with Gasteiger partial charge in [0, 0.05) is 25.2 Å². The van der Waals surface area contributed by atoms with Gasteiger partial charge in [0.15, 0.2) is 0 Å². The average molecular weight is 279 g/mol. The lowest BCUT2D eigenvalue weighted by Crippen LogP contribution is -2.37. The van der Waals surface area contributed by atoms with Crippen molar-refractivity contribution in [1.82, 2.24) is 9.88 Å². The summed E-state index contributed by atoms with van der Waals surface area (Å²) in [5.41, 5.74) is -0.0505. The van der Waals surface area contributed by atoms with Crippen molar-refractivity contribution in [3.8, 4) is 0 Å². The van der Waals surface area contributed by atoms with E-state index in [0.29, 0.717) is 17.9 Å². The summed E-state index contributed by atoms with van der Waals surface area (Å²) in [7, 11) is 2.13. The van der Waals surface area contributed by atoms with Crippen molar-refractivity contribution < 1.29 is 14.3 Å². The monoisotopic (exact) mass is 279 g/mol. The minimum atomic E-state index is -1.13. The fourth-order valence-electron chi connectivity index (χ4n) is 3.34. The molecule has 3 rings (SSSR count). The van der Waals surface area contributed by atoms with Crippen LogP contribution in [0.5, 0.6) is 0 Å². The lowest BCUT2D eigenvalue weighted by atomic mass is 10.1. The minimum absolute atomic E-state index is 0.0505. The van der Waals surface area contributed by atoms with Gasteiger partial charge < -0.3 is 10.0 Å². The van der Waals surface area contributed by atoms with Crippen LogP contribution in [0.15, 0.2) is 12.3 Å². The Morgan fingerprint density at radius 2 is 2.15 bits per heavy atom. The Balaban J connectivity index is 1.91. The van der Waals surface area contributed by atoms with Gasteiger partial charge in [0.2, 0.25) is 0 Å². The minimum Gasteiger partial charge on any atom is -0.478 e. The van der Waals surface area contributed by atoms with Crippen LogP contribution in [0.4, 0.5) is 10.2 Å². The molecule has 2 aliphatic heterocycles. The average Bonchev–Trinajstić information content (AvgIpc) is 2.64. The number of nitrogens with zero attached hydrogens (tertiary/aromatic N) is 3. The highest BCUT2D eigenvalue weighted by molar-refractivity contribution is 5.93. The van der Waals surface area contributed by atoms with E-state index in [2.05, 4.69) is 16.9 Å². The highest BCUT2D eigenvalue weighted by Gasteiger charge is 2.35. The second-order valence-corrected chi connectivity index (χ2v) is 5.62. The van der Waals surface area contributed by atoms with Crippen LogP contribution in [0.25, 0.3) is 0 Å². The van der Waals surface area contributed by atoms with Gasteiger partial charge >= 0.3 is 5.97 Å². The number of likely N-dealkylation sites (N-methyl/N-ethyl adjacent to an activating group) is 1. The molecule has 2 atom stereocenters. The molecule has 2 aliphatic rings. The zero-order chi connectivity index (χ0) is 14.3. The maximum atomic E-state index is 13.2. The molecule has 0 aromatic carbocycles. The SMILES string of the molecule is CN1C2CCC1CN(c1ncc(F)cc1C(=O)O)CC2. The second-order valence-electron chi connectivity index (χ2n) is 5.62. The topological polar surface area (TPSA) is 56.7 Å². The van der Waals surface area contributed by atoms with E-state index < -0.39 is 11.8 Å². The Morgan fingerprint density at radius 3 is 2.90 bits per heavy atom. The number of anilines is 1. The number of carbonyl (C=O) groups is 1. The lowest BCUT2D eigenvalue weighted by Gasteiger charge is -2.27. The van der Waals surface area contributed by atoms with E-state index in [-0.39, 0.29) is 5.56 Å². The molecule has 2 bridgehead atoms. The van der Waals surface area contributed by atoms with Gasteiger partial charge in [0.1, 0.15) is 17.2 Å². The molecular weight excluding hydrogens is 261 g/mol. The molecule has 0 saturated carbocycles. The fraction of sp³-hybridized carbons (Fsp3) is 0.571. The van der Waals surface area contributed by atoms with Gasteiger partial charge in [-0.15, -0.1) is 0 Å². The first-order valence-electron chi connectivity index (χ1n) is 6.92. The summed E-state index contributed by atoms with van der Waals surface area (Å²) < 4.78 is 13.2. The largest absolute Gasteiger partial charge is 0.478 e. The molecule has 2 saturated heterocycles. The summed E-state index contributed by atoms with van der Waals surface area (Å²) in [5, 5.41) is 9.23. The molecule has 1 aromatic heterocycles. The van der Waals surface area contributed by atoms with Crippen molar-refractivity contribution in [2.24, 2.45) is 0 Å². The fourth-order valence-corrected chi connectivity index (χ4v) is 3.34. The molecule has 6 heteroatoms. The maximum absolute atomic E-state index is 13.2. The summed E-state index contributed by atoms with van der Waals surface area (Å²) in [6.07, 6.45) is 4.42. The molecule has 2 fully saturated rings. The van der Waals surface area contributed by atoms with Crippen LogP contribution in [0.3, 0.4) is 0 Å². The van der Waals surface area contributed by atoms with Gasteiger partial charge in [-0.05, 0) is 32.4 Å². The number of aromatic nitrogens is 1. The summed E-state index contributed by atoms with van der Waals surface area (Å²) in [6, 6.07) is 2.05. The summed E-state index contributed by atoms with van der Waals surface area (Å²) >= 11 is 0. The third-order valence-electron chi connectivity index (χ3n) is 4.51. The number of pyridine rings is 1. The predicted octanol–water partition coefficient (Wildman–Crippen LogP) is 1.59. The van der Waals surface area contributed by atoms with Crippen molar-refractivity contribution in [3.63, 3.8) is 0 Å². The molecule has 108 valence electrons. The number of aromatic carboxylic acids is 1. The van der Waals surface area contributed by atoms with Crippen molar-refractivity contribution in [2.45, 2.75) is 31.3 Å². The first-order chi connectivity index (χ1) is 9.56. The number of hydrogen-bond donors (Lipinski definition) is 1. The van der Waals surface area contributed by atoms with Crippen molar-refractivity contribution >= 4 is 11.8 Å². The smallest absolute Gasteiger partial charge is 0.339 e. The van der Waals surface area contributed by atoms with E-state index in [1.54, 1.807) is 0 Å². The predicted molar refractivity (Wildman–Crippen MR) is 72.6 cm³/mol. The zero-order valence-electron chi connectivity index (χ0n) is 11.4. The van der Waals surface area contributed by atoms with Crippen LogP contribution in [0, 0.1) is 5.82 Å². The third-order valence-corrected chi connectivity index (χ3v) is 4.51. The maximum Gasteiger partial charge on any atom is 0.339 e. The third kappa shape index (κ3) is 2.24. The number of fused-ring (bicyclic) bond motifs is 2. The quantitative estimate of drug-likeness (QED) is 0.891. The Morgan fingerprint density at radius 1 is 1.40 bits per heavy atom. The number of rotatable bonds is 2. The van der Waals surface area contributed by atoms with E-state index in [0.717, 1.165) is 38.2 Å². The van der Waals surface area contributed by atoms with Gasteiger partial charge in [-0.2, -0.15) is 0 Å². The zero-order valence-corrected chi connectivity index (χ0v) is 11.4. The molecule has 1 aromatic rings. The first kappa shape index (κ1) is 13.3. The van der Waals surface area contributed by atoms with Crippen molar-refractivity contribution in [3.05, 3.63) is 23.6 Å². The molecule has 0 spiro atoms. The van der Waals surface area contributed by atoms with Gasteiger partial charge in [-0.1, -0.05) is 0 Å². The van der Waals surface area contributed by atoms with Crippen LogP contribution in [0.2, 0.25) is 0 Å². The molecule has 0 radical (unpaired) electrons. The van der Waals surface area contributed by atoms with Crippen LogP contribution in [0.1, 0.15) is 29.6 Å². The summed E-state index contributed by atoms with van der Waals surface area (Å²) in [4.78, 5) is 19.7. The Bertz CT molecular complexity index is 537. The van der Waals surface area contributed by atoms with Gasteiger partial charge in [-0.25, -0.2) is 14.2 Å². The molecule has 2 unspecified atom stereocenters. The second kappa shape index (κ2) is 5.01. The molecule has 20 heavy (non-hydrogen) atoms. The highest BCUT2D eigenvalue weighted by atomic mass is 19.1. The lowest BCUT2D eigenvalue weighted by molar-refractivity contribution is 0.0696. The first-order valence-corrected chi connectivity index (χ1v) is 6.92. The van der Waals surface area contributed by atoms with E-state index in [9.17, 15) is 14.3 Å². The van der Waals surface area contributed by atoms with Gasteiger partial charge in [-0.3, -0.25) is 4.90 Å². The highest BCUT2D eigenvalue weighted by Crippen LogP contribution is 2.31. The Labute approximate surface area is 117 Å². The standard InChI is InChI=1S/C14H18FN3O2/c1-17-10-2-3-11(17)8-18(5-4-10)13-12(14(19)20)6-9(15)7-16-13/h6-7,10-11H,2-5,8H2,1H3,(H,19,20). The van der Waals surface area contributed by atoms with Gasteiger partial charge in [0.05, 0.1) is 6.20 Å². The van der Waals surface area contributed by atoms with E-state index >= 15 is 0 Å². The van der Waals surface area contributed by atoms with E-state index in [1.807, 2.05) is 4.90 Å². The van der Waals surface area contributed by atoms with E-state index in [1.165, 1.54) is 6.42 Å². The van der Waals surface area contributed by atoms with Crippen molar-refractivity contribution in [2.75, 3.05) is 25.0 Å². The van der Waals surface area contributed by atoms with Crippen LogP contribution in [-0.4, -0.2) is 53.2 Å². The van der Waals surface area contributed by atoms with Gasteiger partial charge in [0.25, 0.3) is 0 Å². The summed E-state index contributed by atoms with van der Waals surface area (Å²) in [6.45, 7) is 1.52. The van der Waals surface area contributed by atoms with Crippen LogP contribution < -0.4 is 4.90 Å². The van der Waals surface area contributed by atoms with E-state index in [4.69, 9.17) is 0 Å². The molecular formula is C14H18FN3O2. The summed E-state index contributed by atoms with van der Waals surface area (Å²) in [5.74, 6) is -1.35. The van der Waals surface area contributed by atoms with Crippen LogP contribution >= 0.6 is 0 Å². The molecule has 0 amide bonds. The van der Waals surface area contributed by atoms with Crippen LogP contribution in [-0.2, 0) is 0 Å². The molecule has 5 nitrogen and oxygen atoms in total. The molecule has 0 aliphatic carbocycles. The molecule has 1 N–H and O–H groups in total. The van der Waals surface area contributed by atoms with Crippen molar-refractivity contribution in [1.29, 1.82) is 0 Å². The molecule has 3 heterocycles. The normalized spacial score (nSPS) is 26.6.